The second-order valence-corrected chi connectivity index (χ2v) is 3.48. The van der Waals surface area contributed by atoms with E-state index in [4.69, 9.17) is 21.4 Å². The van der Waals surface area contributed by atoms with E-state index in [2.05, 4.69) is 0 Å². The molecule has 1 N–H and O–H groups in total. The van der Waals surface area contributed by atoms with Crippen molar-refractivity contribution in [2.24, 2.45) is 0 Å². The zero-order chi connectivity index (χ0) is 11.1. The second kappa shape index (κ2) is 6.43. The van der Waals surface area contributed by atoms with Crippen molar-refractivity contribution in [2.45, 2.75) is 13.0 Å². The number of rotatable bonds is 6. The number of aromatic carboxylic acids is 1. The molecule has 0 aliphatic heterocycles. The lowest BCUT2D eigenvalue weighted by atomic mass is 10.1. The van der Waals surface area contributed by atoms with Crippen LogP contribution in [-0.4, -0.2) is 23.6 Å². The monoisotopic (exact) mass is 228 g/mol. The van der Waals surface area contributed by atoms with Crippen molar-refractivity contribution in [3.63, 3.8) is 0 Å². The standard InChI is InChI=1S/C11H13ClO3/c12-6-1-7-15-8-9-2-4-10(5-3-9)11(13)14/h2-5H,1,6-8H2,(H,13,14). The quantitative estimate of drug-likeness (QED) is 0.601. The lowest BCUT2D eigenvalue weighted by molar-refractivity contribution is 0.0696. The summed E-state index contributed by atoms with van der Waals surface area (Å²) in [4.78, 5) is 10.6. The number of carboxylic acid groups (broad SMARTS) is 1. The number of hydrogen-bond acceptors (Lipinski definition) is 2. The molecule has 0 bridgehead atoms. The van der Waals surface area contributed by atoms with E-state index in [0.717, 1.165) is 12.0 Å². The molecule has 0 aromatic heterocycles. The zero-order valence-corrected chi connectivity index (χ0v) is 9.04. The van der Waals surface area contributed by atoms with Crippen LogP contribution >= 0.6 is 11.6 Å². The van der Waals surface area contributed by atoms with Crippen LogP contribution in [0, 0.1) is 0 Å². The topological polar surface area (TPSA) is 46.5 Å². The number of carboxylic acids is 1. The van der Waals surface area contributed by atoms with E-state index in [9.17, 15) is 4.79 Å². The number of ether oxygens (including phenoxy) is 1. The Hall–Kier alpha value is -1.06. The Balaban J connectivity index is 2.39. The van der Waals surface area contributed by atoms with Gasteiger partial charge in [0.1, 0.15) is 0 Å². The molecule has 4 heteroatoms. The predicted molar refractivity (Wildman–Crippen MR) is 58.4 cm³/mol. The summed E-state index contributed by atoms with van der Waals surface area (Å²) < 4.78 is 5.33. The molecule has 1 rings (SSSR count). The molecule has 0 unspecified atom stereocenters. The number of hydrogen-bond donors (Lipinski definition) is 1. The summed E-state index contributed by atoms with van der Waals surface area (Å²) in [6, 6.07) is 6.65. The fraction of sp³-hybridized carbons (Fsp3) is 0.364. The minimum atomic E-state index is -0.912. The highest BCUT2D eigenvalue weighted by Crippen LogP contribution is 2.06. The molecule has 0 saturated carbocycles. The van der Waals surface area contributed by atoms with E-state index in [1.54, 1.807) is 24.3 Å². The van der Waals surface area contributed by atoms with Crippen LogP contribution in [0.25, 0.3) is 0 Å². The molecular formula is C11H13ClO3. The third-order valence-electron chi connectivity index (χ3n) is 1.89. The number of carbonyl (C=O) groups is 1. The largest absolute Gasteiger partial charge is 0.478 e. The van der Waals surface area contributed by atoms with E-state index in [1.807, 2.05) is 0 Å². The molecule has 3 nitrogen and oxygen atoms in total. The first kappa shape index (κ1) is 12.0. The highest BCUT2D eigenvalue weighted by Gasteiger charge is 2.01. The van der Waals surface area contributed by atoms with Crippen molar-refractivity contribution < 1.29 is 14.6 Å². The van der Waals surface area contributed by atoms with Gasteiger partial charge >= 0.3 is 5.97 Å². The summed E-state index contributed by atoms with van der Waals surface area (Å²) in [6.45, 7) is 1.13. The molecule has 0 amide bonds. The SMILES string of the molecule is O=C(O)c1ccc(COCCCCl)cc1. The smallest absolute Gasteiger partial charge is 0.335 e. The minimum absolute atomic E-state index is 0.291. The average molecular weight is 229 g/mol. The summed E-state index contributed by atoms with van der Waals surface area (Å²) >= 11 is 5.49. The highest BCUT2D eigenvalue weighted by atomic mass is 35.5. The van der Waals surface area contributed by atoms with Crippen molar-refractivity contribution in [1.29, 1.82) is 0 Å². The van der Waals surface area contributed by atoms with Crippen LogP contribution in [-0.2, 0) is 11.3 Å². The van der Waals surface area contributed by atoms with Crippen LogP contribution in [0.5, 0.6) is 0 Å². The molecule has 15 heavy (non-hydrogen) atoms. The first-order valence-corrected chi connectivity index (χ1v) is 5.23. The van der Waals surface area contributed by atoms with E-state index in [-0.39, 0.29) is 0 Å². The first-order chi connectivity index (χ1) is 7.24. The summed E-state index contributed by atoms with van der Waals surface area (Å²) in [5.41, 5.74) is 1.26. The molecule has 0 heterocycles. The molecule has 0 aliphatic carbocycles. The van der Waals surface area contributed by atoms with Gasteiger partial charge in [0.15, 0.2) is 0 Å². The molecule has 0 atom stereocenters. The molecule has 1 aromatic rings. The Kier molecular flexibility index (Phi) is 5.15. The molecule has 0 spiro atoms. The van der Waals surface area contributed by atoms with Crippen LogP contribution in [0.15, 0.2) is 24.3 Å². The fourth-order valence-electron chi connectivity index (χ4n) is 1.09. The van der Waals surface area contributed by atoms with Crippen molar-refractivity contribution in [1.82, 2.24) is 0 Å². The van der Waals surface area contributed by atoms with Gasteiger partial charge in [-0.05, 0) is 24.1 Å². The molecule has 82 valence electrons. The van der Waals surface area contributed by atoms with Crippen LogP contribution in [0.4, 0.5) is 0 Å². The van der Waals surface area contributed by atoms with Gasteiger partial charge < -0.3 is 9.84 Å². The Labute approximate surface area is 93.6 Å². The zero-order valence-electron chi connectivity index (χ0n) is 8.28. The van der Waals surface area contributed by atoms with E-state index >= 15 is 0 Å². The maximum atomic E-state index is 10.6. The van der Waals surface area contributed by atoms with Gasteiger partial charge in [0.2, 0.25) is 0 Å². The van der Waals surface area contributed by atoms with Gasteiger partial charge in [-0.1, -0.05) is 12.1 Å². The summed E-state index contributed by atoms with van der Waals surface area (Å²) in [5.74, 6) is -0.317. The van der Waals surface area contributed by atoms with Crippen molar-refractivity contribution in [3.05, 3.63) is 35.4 Å². The van der Waals surface area contributed by atoms with Gasteiger partial charge in [-0.2, -0.15) is 0 Å². The van der Waals surface area contributed by atoms with Crippen LogP contribution in [0.2, 0.25) is 0 Å². The summed E-state index contributed by atoms with van der Waals surface area (Å²) in [5, 5.41) is 8.68. The summed E-state index contributed by atoms with van der Waals surface area (Å²) in [7, 11) is 0. The normalized spacial score (nSPS) is 10.2. The third kappa shape index (κ3) is 4.32. The van der Waals surface area contributed by atoms with Gasteiger partial charge in [0.05, 0.1) is 12.2 Å². The van der Waals surface area contributed by atoms with Crippen LogP contribution in [0.1, 0.15) is 22.3 Å². The van der Waals surface area contributed by atoms with E-state index < -0.39 is 5.97 Å². The maximum Gasteiger partial charge on any atom is 0.335 e. The molecule has 0 fully saturated rings. The third-order valence-corrected chi connectivity index (χ3v) is 2.16. The van der Waals surface area contributed by atoms with E-state index in [0.29, 0.717) is 24.7 Å². The molecule has 0 radical (unpaired) electrons. The Morgan fingerprint density at radius 1 is 1.33 bits per heavy atom. The van der Waals surface area contributed by atoms with Gasteiger partial charge in [-0.3, -0.25) is 0 Å². The van der Waals surface area contributed by atoms with Gasteiger partial charge in [-0.15, -0.1) is 11.6 Å². The van der Waals surface area contributed by atoms with Crippen LogP contribution < -0.4 is 0 Å². The molecular weight excluding hydrogens is 216 g/mol. The Bertz CT molecular complexity index is 308. The summed E-state index contributed by atoms with van der Waals surface area (Å²) in [6.07, 6.45) is 0.828. The lowest BCUT2D eigenvalue weighted by Gasteiger charge is -2.03. The van der Waals surface area contributed by atoms with Gasteiger partial charge in [0, 0.05) is 12.5 Å². The minimum Gasteiger partial charge on any atom is -0.478 e. The van der Waals surface area contributed by atoms with Crippen molar-refractivity contribution in [3.8, 4) is 0 Å². The molecule has 0 aliphatic rings. The van der Waals surface area contributed by atoms with Crippen LogP contribution in [0.3, 0.4) is 0 Å². The number of halogens is 1. The first-order valence-electron chi connectivity index (χ1n) is 4.70. The number of benzene rings is 1. The number of alkyl halides is 1. The molecule has 0 saturated heterocycles. The molecule has 1 aromatic carbocycles. The lowest BCUT2D eigenvalue weighted by Crippen LogP contribution is -1.98. The Morgan fingerprint density at radius 2 is 2.00 bits per heavy atom. The fourth-order valence-corrected chi connectivity index (χ4v) is 1.20. The van der Waals surface area contributed by atoms with Gasteiger partial charge in [-0.25, -0.2) is 4.79 Å². The second-order valence-electron chi connectivity index (χ2n) is 3.10. The van der Waals surface area contributed by atoms with Crippen molar-refractivity contribution >= 4 is 17.6 Å². The average Bonchev–Trinajstić information content (AvgIpc) is 2.25. The highest BCUT2D eigenvalue weighted by molar-refractivity contribution is 6.17. The van der Waals surface area contributed by atoms with Gasteiger partial charge in [0.25, 0.3) is 0 Å². The van der Waals surface area contributed by atoms with Crippen molar-refractivity contribution in [2.75, 3.05) is 12.5 Å². The van der Waals surface area contributed by atoms with E-state index in [1.165, 1.54) is 0 Å². The maximum absolute atomic E-state index is 10.6. The Morgan fingerprint density at radius 3 is 2.53 bits per heavy atom. The predicted octanol–water partition coefficient (Wildman–Crippen LogP) is 2.53.